The molecule has 25 heavy (non-hydrogen) atoms. The van der Waals surface area contributed by atoms with E-state index < -0.39 is 0 Å². The van der Waals surface area contributed by atoms with E-state index in [1.807, 2.05) is 12.1 Å². The lowest BCUT2D eigenvalue weighted by atomic mass is 9.78. The lowest BCUT2D eigenvalue weighted by Gasteiger charge is -2.34. The van der Waals surface area contributed by atoms with Crippen LogP contribution in [0.15, 0.2) is 18.2 Å². The van der Waals surface area contributed by atoms with Crippen LogP contribution >= 0.6 is 0 Å². The molecule has 1 N–H and O–H groups in total. The van der Waals surface area contributed by atoms with Gasteiger partial charge in [-0.25, -0.2) is 0 Å². The molecule has 1 aliphatic heterocycles. The topological polar surface area (TPSA) is 56.8 Å². The number of benzene rings is 1. The molecule has 1 amide bonds. The number of rotatable bonds is 4. The standard InChI is InChI=1S/C20H27NO4/c1-13-5-4-6-16(14(13)2)21-19(22)8-7-15-11-17(23-3)20-18(12-15)24-9-10-25-20/h7-8,11-14,16H,4-6,9-10H2,1-3H3,(H,21,22). The van der Waals surface area contributed by atoms with E-state index in [0.717, 1.165) is 12.0 Å². The van der Waals surface area contributed by atoms with Gasteiger partial charge in [-0.05, 0) is 42.0 Å². The van der Waals surface area contributed by atoms with E-state index >= 15 is 0 Å². The third-order valence-corrected chi connectivity index (χ3v) is 5.31. The molecular formula is C20H27NO4. The minimum Gasteiger partial charge on any atom is -0.493 e. The number of amides is 1. The zero-order chi connectivity index (χ0) is 17.8. The lowest BCUT2D eigenvalue weighted by molar-refractivity contribution is -0.117. The first-order valence-corrected chi connectivity index (χ1v) is 9.04. The Morgan fingerprint density at radius 2 is 2.04 bits per heavy atom. The summed E-state index contributed by atoms with van der Waals surface area (Å²) in [6.07, 6.45) is 6.85. The van der Waals surface area contributed by atoms with Gasteiger partial charge in [0, 0.05) is 12.1 Å². The molecule has 0 bridgehead atoms. The van der Waals surface area contributed by atoms with E-state index in [2.05, 4.69) is 19.2 Å². The monoisotopic (exact) mass is 345 g/mol. The summed E-state index contributed by atoms with van der Waals surface area (Å²) in [5.41, 5.74) is 0.848. The van der Waals surface area contributed by atoms with Crippen molar-refractivity contribution < 1.29 is 19.0 Å². The molecule has 3 rings (SSSR count). The highest BCUT2D eigenvalue weighted by molar-refractivity contribution is 5.92. The van der Waals surface area contributed by atoms with Gasteiger partial charge < -0.3 is 19.5 Å². The van der Waals surface area contributed by atoms with Crippen LogP contribution in [0, 0.1) is 11.8 Å². The summed E-state index contributed by atoms with van der Waals surface area (Å²) < 4.78 is 16.6. The van der Waals surface area contributed by atoms with E-state index in [1.165, 1.54) is 12.8 Å². The maximum atomic E-state index is 12.3. The van der Waals surface area contributed by atoms with Gasteiger partial charge in [0.2, 0.25) is 11.7 Å². The van der Waals surface area contributed by atoms with Crippen molar-refractivity contribution in [2.75, 3.05) is 20.3 Å². The SMILES string of the molecule is COc1cc(C=CC(=O)NC2CCCC(C)C2C)cc2c1OCCO2. The van der Waals surface area contributed by atoms with Gasteiger partial charge in [0.05, 0.1) is 7.11 Å². The van der Waals surface area contributed by atoms with Gasteiger partial charge in [-0.1, -0.05) is 26.7 Å². The number of hydrogen-bond acceptors (Lipinski definition) is 4. The number of fused-ring (bicyclic) bond motifs is 1. The normalized spacial score (nSPS) is 25.6. The van der Waals surface area contributed by atoms with Crippen molar-refractivity contribution in [1.29, 1.82) is 0 Å². The molecule has 0 radical (unpaired) electrons. The zero-order valence-corrected chi connectivity index (χ0v) is 15.2. The average Bonchev–Trinajstić information content (AvgIpc) is 2.63. The lowest BCUT2D eigenvalue weighted by Crippen LogP contribution is -2.43. The second-order valence-electron chi connectivity index (χ2n) is 6.96. The Hall–Kier alpha value is -2.17. The molecule has 1 aromatic rings. The Morgan fingerprint density at radius 1 is 1.24 bits per heavy atom. The Balaban J connectivity index is 1.68. The highest BCUT2D eigenvalue weighted by atomic mass is 16.6. The van der Waals surface area contributed by atoms with Crippen LogP contribution < -0.4 is 19.5 Å². The predicted octanol–water partition coefficient (Wildman–Crippen LogP) is 3.42. The maximum absolute atomic E-state index is 12.3. The number of nitrogens with one attached hydrogen (secondary N) is 1. The van der Waals surface area contributed by atoms with E-state index in [9.17, 15) is 4.79 Å². The molecule has 136 valence electrons. The van der Waals surface area contributed by atoms with Crippen molar-refractivity contribution in [3.05, 3.63) is 23.8 Å². The first-order chi connectivity index (χ1) is 12.1. The number of ether oxygens (including phenoxy) is 3. The van der Waals surface area contributed by atoms with Gasteiger partial charge in [-0.3, -0.25) is 4.79 Å². The summed E-state index contributed by atoms with van der Waals surface area (Å²) in [7, 11) is 1.60. The highest BCUT2D eigenvalue weighted by Crippen LogP contribution is 2.40. The summed E-state index contributed by atoms with van der Waals surface area (Å²) >= 11 is 0. The molecule has 1 heterocycles. The molecule has 3 atom stereocenters. The van der Waals surface area contributed by atoms with Gasteiger partial charge in [-0.2, -0.15) is 0 Å². The molecule has 3 unspecified atom stereocenters. The first-order valence-electron chi connectivity index (χ1n) is 9.04. The second-order valence-corrected chi connectivity index (χ2v) is 6.96. The Labute approximate surface area is 149 Å². The van der Waals surface area contributed by atoms with Gasteiger partial charge >= 0.3 is 0 Å². The molecule has 0 spiro atoms. The number of carbonyl (C=O) groups excluding carboxylic acids is 1. The van der Waals surface area contributed by atoms with Crippen LogP contribution in [0.3, 0.4) is 0 Å². The predicted molar refractivity (Wildman–Crippen MR) is 97.1 cm³/mol. The van der Waals surface area contributed by atoms with Crippen LogP contribution in [-0.4, -0.2) is 32.3 Å². The van der Waals surface area contributed by atoms with Gasteiger partial charge in [0.15, 0.2) is 11.5 Å². The van der Waals surface area contributed by atoms with E-state index in [0.29, 0.717) is 42.3 Å². The van der Waals surface area contributed by atoms with Crippen molar-refractivity contribution in [2.45, 2.75) is 39.2 Å². The molecule has 5 nitrogen and oxygen atoms in total. The summed E-state index contributed by atoms with van der Waals surface area (Å²) in [6, 6.07) is 3.98. The molecule has 1 aliphatic carbocycles. The van der Waals surface area contributed by atoms with Gasteiger partial charge in [0.1, 0.15) is 13.2 Å². The number of methoxy groups -OCH3 is 1. The summed E-state index contributed by atoms with van der Waals surface area (Å²) in [4.78, 5) is 12.3. The van der Waals surface area contributed by atoms with Crippen LogP contribution in [0.1, 0.15) is 38.7 Å². The fourth-order valence-corrected chi connectivity index (χ4v) is 3.58. The van der Waals surface area contributed by atoms with Crippen LogP contribution in [0.2, 0.25) is 0 Å². The van der Waals surface area contributed by atoms with Crippen molar-refractivity contribution in [2.24, 2.45) is 11.8 Å². The average molecular weight is 345 g/mol. The minimum atomic E-state index is -0.0557. The summed E-state index contributed by atoms with van der Waals surface area (Å²) in [5, 5.41) is 3.15. The quantitative estimate of drug-likeness (QED) is 0.850. The molecule has 0 aromatic heterocycles. The van der Waals surface area contributed by atoms with Gasteiger partial charge in [-0.15, -0.1) is 0 Å². The van der Waals surface area contributed by atoms with Crippen LogP contribution in [-0.2, 0) is 4.79 Å². The van der Waals surface area contributed by atoms with Crippen LogP contribution in [0.25, 0.3) is 6.08 Å². The third kappa shape index (κ3) is 4.09. The fraction of sp³-hybridized carbons (Fsp3) is 0.550. The Kier molecular flexibility index (Phi) is 5.51. The summed E-state index contributed by atoms with van der Waals surface area (Å²) in [6.45, 7) is 5.52. The van der Waals surface area contributed by atoms with Crippen molar-refractivity contribution in [1.82, 2.24) is 5.32 Å². The molecule has 1 fully saturated rings. The van der Waals surface area contributed by atoms with E-state index in [4.69, 9.17) is 14.2 Å². The fourth-order valence-electron chi connectivity index (χ4n) is 3.58. The maximum Gasteiger partial charge on any atom is 0.244 e. The second kappa shape index (κ2) is 7.81. The Morgan fingerprint density at radius 3 is 2.84 bits per heavy atom. The third-order valence-electron chi connectivity index (χ3n) is 5.31. The van der Waals surface area contributed by atoms with Crippen molar-refractivity contribution >= 4 is 12.0 Å². The Bertz CT molecular complexity index is 638. The van der Waals surface area contributed by atoms with Crippen molar-refractivity contribution in [3.8, 4) is 17.2 Å². The molecule has 0 saturated heterocycles. The zero-order valence-electron chi connectivity index (χ0n) is 15.2. The first kappa shape index (κ1) is 17.6. The largest absolute Gasteiger partial charge is 0.493 e. The van der Waals surface area contributed by atoms with E-state index in [1.54, 1.807) is 19.3 Å². The highest BCUT2D eigenvalue weighted by Gasteiger charge is 2.27. The van der Waals surface area contributed by atoms with Crippen LogP contribution in [0.5, 0.6) is 17.2 Å². The van der Waals surface area contributed by atoms with Crippen LogP contribution in [0.4, 0.5) is 0 Å². The molecule has 1 aromatic carbocycles. The van der Waals surface area contributed by atoms with Gasteiger partial charge in [0.25, 0.3) is 0 Å². The minimum absolute atomic E-state index is 0.0557. The van der Waals surface area contributed by atoms with E-state index in [-0.39, 0.29) is 11.9 Å². The smallest absolute Gasteiger partial charge is 0.244 e. The summed E-state index contributed by atoms with van der Waals surface area (Å²) in [5.74, 6) is 3.01. The molecule has 2 aliphatic rings. The van der Waals surface area contributed by atoms with Crippen molar-refractivity contribution in [3.63, 3.8) is 0 Å². The number of carbonyl (C=O) groups is 1. The molecule has 5 heteroatoms. The number of hydrogen-bond donors (Lipinski definition) is 1. The molecular weight excluding hydrogens is 318 g/mol. The molecule has 1 saturated carbocycles.